The lowest BCUT2D eigenvalue weighted by Crippen LogP contribution is -2.24. The summed E-state index contributed by atoms with van der Waals surface area (Å²) < 4.78 is 0. The summed E-state index contributed by atoms with van der Waals surface area (Å²) in [6.07, 6.45) is 7.96. The molecule has 2 unspecified atom stereocenters. The number of anilines is 2. The molecule has 0 bridgehead atoms. The normalized spacial score (nSPS) is 22.6. The molecule has 1 aromatic heterocycles. The molecule has 1 heterocycles. The highest BCUT2D eigenvalue weighted by Crippen LogP contribution is 2.28. The molecule has 0 aromatic carbocycles. The highest BCUT2D eigenvalue weighted by molar-refractivity contribution is 6.32. The Morgan fingerprint density at radius 3 is 2.90 bits per heavy atom. The van der Waals surface area contributed by atoms with E-state index in [1.807, 2.05) is 0 Å². The van der Waals surface area contributed by atoms with Crippen LogP contribution in [0, 0.1) is 5.92 Å². The maximum absolute atomic E-state index is 9.94. The monoisotopic (exact) mass is 298 g/mol. The van der Waals surface area contributed by atoms with Crippen molar-refractivity contribution in [3.8, 4) is 0 Å². The Hall–Kier alpha value is -1.07. The van der Waals surface area contributed by atoms with Gasteiger partial charge in [0.2, 0.25) is 0 Å². The summed E-state index contributed by atoms with van der Waals surface area (Å²) in [6, 6.07) is 0. The van der Waals surface area contributed by atoms with Crippen LogP contribution in [-0.4, -0.2) is 34.8 Å². The maximum atomic E-state index is 9.94. The van der Waals surface area contributed by atoms with E-state index < -0.39 is 0 Å². The van der Waals surface area contributed by atoms with E-state index >= 15 is 0 Å². The summed E-state index contributed by atoms with van der Waals surface area (Å²) in [6.45, 7) is 0.825. The Balaban J connectivity index is 1.77. The van der Waals surface area contributed by atoms with Crippen LogP contribution < -0.4 is 10.6 Å². The average molecular weight is 299 g/mol. The van der Waals surface area contributed by atoms with Crippen LogP contribution in [0.3, 0.4) is 0 Å². The fourth-order valence-corrected chi connectivity index (χ4v) is 3.04. The number of aliphatic hydroxyl groups excluding tert-OH is 1. The van der Waals surface area contributed by atoms with Gasteiger partial charge < -0.3 is 15.7 Å². The van der Waals surface area contributed by atoms with Gasteiger partial charge in [0.05, 0.1) is 6.10 Å². The zero-order valence-electron chi connectivity index (χ0n) is 11.9. The Morgan fingerprint density at radius 2 is 2.15 bits per heavy atom. The van der Waals surface area contributed by atoms with Gasteiger partial charge in [0, 0.05) is 13.6 Å². The lowest BCUT2D eigenvalue weighted by Gasteiger charge is -2.27. The number of rotatable bonds is 6. The molecule has 0 aliphatic heterocycles. The largest absolute Gasteiger partial charge is 0.393 e. The highest BCUT2D eigenvalue weighted by atomic mass is 35.5. The molecule has 1 fully saturated rings. The van der Waals surface area contributed by atoms with E-state index in [1.54, 1.807) is 7.05 Å². The lowest BCUT2D eigenvalue weighted by molar-refractivity contribution is 0.0648. The molecule has 1 aromatic rings. The van der Waals surface area contributed by atoms with Crippen LogP contribution in [0.2, 0.25) is 5.15 Å². The Kier molecular flexibility index (Phi) is 5.86. The lowest BCUT2D eigenvalue weighted by atomic mass is 9.83. The molecule has 2 atom stereocenters. The molecule has 0 saturated heterocycles. The van der Waals surface area contributed by atoms with Gasteiger partial charge in [-0.05, 0) is 31.6 Å². The minimum absolute atomic E-state index is 0.106. The van der Waals surface area contributed by atoms with Crippen molar-refractivity contribution >= 4 is 23.1 Å². The minimum atomic E-state index is -0.106. The Bertz CT molecular complexity index is 430. The molecule has 1 saturated carbocycles. The van der Waals surface area contributed by atoms with Crippen molar-refractivity contribution in [3.05, 3.63) is 11.5 Å². The van der Waals surface area contributed by atoms with Gasteiger partial charge in [-0.25, -0.2) is 9.97 Å². The number of aromatic nitrogens is 2. The first-order valence-electron chi connectivity index (χ1n) is 7.32. The summed E-state index contributed by atoms with van der Waals surface area (Å²) in [4.78, 5) is 8.13. The first-order valence-corrected chi connectivity index (χ1v) is 7.70. The SMILES string of the molecule is CNc1c(Cl)ncnc1NCCCC1CCCCC1O. The van der Waals surface area contributed by atoms with E-state index in [0.29, 0.717) is 11.1 Å². The van der Waals surface area contributed by atoms with Crippen molar-refractivity contribution in [1.29, 1.82) is 0 Å². The fraction of sp³-hybridized carbons (Fsp3) is 0.714. The third-order valence-corrected chi connectivity index (χ3v) is 4.25. The summed E-state index contributed by atoms with van der Waals surface area (Å²) in [5, 5.41) is 16.6. The summed E-state index contributed by atoms with van der Waals surface area (Å²) >= 11 is 6.00. The number of halogens is 1. The molecule has 3 N–H and O–H groups in total. The van der Waals surface area contributed by atoms with Crippen LogP contribution >= 0.6 is 11.6 Å². The van der Waals surface area contributed by atoms with Crippen LogP contribution in [0.5, 0.6) is 0 Å². The second kappa shape index (κ2) is 7.64. The van der Waals surface area contributed by atoms with E-state index in [1.165, 1.54) is 19.2 Å². The molecule has 20 heavy (non-hydrogen) atoms. The molecule has 1 aliphatic rings. The zero-order chi connectivity index (χ0) is 14.4. The molecular weight excluding hydrogens is 276 g/mol. The van der Waals surface area contributed by atoms with Crippen molar-refractivity contribution in [1.82, 2.24) is 9.97 Å². The number of hydrogen-bond acceptors (Lipinski definition) is 5. The van der Waals surface area contributed by atoms with Crippen LogP contribution in [0.4, 0.5) is 11.5 Å². The number of hydrogen-bond donors (Lipinski definition) is 3. The van der Waals surface area contributed by atoms with Crippen LogP contribution in [0.25, 0.3) is 0 Å². The topological polar surface area (TPSA) is 70.1 Å². The van der Waals surface area contributed by atoms with Gasteiger partial charge in [-0.15, -0.1) is 0 Å². The number of nitrogens with one attached hydrogen (secondary N) is 2. The molecule has 6 heteroatoms. The summed E-state index contributed by atoms with van der Waals surface area (Å²) in [7, 11) is 1.80. The third-order valence-electron chi connectivity index (χ3n) is 3.96. The van der Waals surface area contributed by atoms with E-state index in [9.17, 15) is 5.11 Å². The van der Waals surface area contributed by atoms with Crippen LogP contribution in [0.1, 0.15) is 38.5 Å². The highest BCUT2D eigenvalue weighted by Gasteiger charge is 2.22. The van der Waals surface area contributed by atoms with Crippen molar-refractivity contribution in [3.63, 3.8) is 0 Å². The van der Waals surface area contributed by atoms with E-state index in [-0.39, 0.29) is 6.10 Å². The molecular formula is C14H23ClN4O. The van der Waals surface area contributed by atoms with Gasteiger partial charge in [0.1, 0.15) is 12.0 Å². The van der Waals surface area contributed by atoms with Crippen LogP contribution in [0.15, 0.2) is 6.33 Å². The molecule has 0 amide bonds. The zero-order valence-corrected chi connectivity index (χ0v) is 12.7. The van der Waals surface area contributed by atoms with Crippen molar-refractivity contribution in [2.45, 2.75) is 44.6 Å². The number of aliphatic hydroxyl groups is 1. The third kappa shape index (κ3) is 3.96. The van der Waals surface area contributed by atoms with Gasteiger partial charge in [-0.3, -0.25) is 0 Å². The molecule has 0 spiro atoms. The van der Waals surface area contributed by atoms with Gasteiger partial charge >= 0.3 is 0 Å². The summed E-state index contributed by atoms with van der Waals surface area (Å²) in [5.41, 5.74) is 0.729. The van der Waals surface area contributed by atoms with Crippen molar-refractivity contribution < 1.29 is 5.11 Å². The number of nitrogens with zero attached hydrogens (tertiary/aromatic N) is 2. The van der Waals surface area contributed by atoms with Crippen molar-refractivity contribution in [2.24, 2.45) is 5.92 Å². The quantitative estimate of drug-likeness (QED) is 0.556. The molecule has 5 nitrogen and oxygen atoms in total. The first-order chi connectivity index (χ1) is 9.72. The predicted molar refractivity (Wildman–Crippen MR) is 82.3 cm³/mol. The molecule has 1 aliphatic carbocycles. The van der Waals surface area contributed by atoms with Crippen LogP contribution in [-0.2, 0) is 0 Å². The smallest absolute Gasteiger partial charge is 0.157 e. The Morgan fingerprint density at radius 1 is 1.35 bits per heavy atom. The summed E-state index contributed by atoms with van der Waals surface area (Å²) in [5.74, 6) is 1.19. The van der Waals surface area contributed by atoms with E-state index in [0.717, 1.165) is 43.7 Å². The minimum Gasteiger partial charge on any atom is -0.393 e. The van der Waals surface area contributed by atoms with Gasteiger partial charge in [0.15, 0.2) is 11.0 Å². The second-order valence-corrected chi connectivity index (χ2v) is 5.68. The van der Waals surface area contributed by atoms with Crippen molar-refractivity contribution in [2.75, 3.05) is 24.2 Å². The van der Waals surface area contributed by atoms with E-state index in [4.69, 9.17) is 11.6 Å². The van der Waals surface area contributed by atoms with E-state index in [2.05, 4.69) is 20.6 Å². The molecule has 112 valence electrons. The molecule has 2 rings (SSSR count). The maximum Gasteiger partial charge on any atom is 0.157 e. The molecule has 0 radical (unpaired) electrons. The second-order valence-electron chi connectivity index (χ2n) is 5.32. The fourth-order valence-electron chi connectivity index (χ4n) is 2.82. The Labute approximate surface area is 125 Å². The standard InChI is InChI=1S/C14H23ClN4O/c1-16-12-13(15)18-9-19-14(12)17-8-4-6-10-5-2-3-7-11(10)20/h9-11,16,20H,2-8H2,1H3,(H,17,18,19). The van der Waals surface area contributed by atoms with Gasteiger partial charge in [0.25, 0.3) is 0 Å². The van der Waals surface area contributed by atoms with Gasteiger partial charge in [-0.1, -0.05) is 24.4 Å². The first kappa shape index (κ1) is 15.3. The van der Waals surface area contributed by atoms with Gasteiger partial charge in [-0.2, -0.15) is 0 Å². The predicted octanol–water partition coefficient (Wildman–Crippen LogP) is 2.91. The average Bonchev–Trinajstić information content (AvgIpc) is 2.45.